The van der Waals surface area contributed by atoms with Crippen LogP contribution >= 0.6 is 24.0 Å². The van der Waals surface area contributed by atoms with Crippen molar-refractivity contribution in [3.63, 3.8) is 0 Å². The first kappa shape index (κ1) is 16.3. The second-order valence-electron chi connectivity index (χ2n) is 4.85. The highest BCUT2D eigenvalue weighted by atomic mass is 127. The fourth-order valence-electron chi connectivity index (χ4n) is 2.06. The minimum Gasteiger partial charge on any atom is -0.450 e. The molecular formula is C12H23IN4O2. The molecule has 0 aromatic carbocycles. The topological polar surface area (TPSA) is 80.0 Å². The molecule has 19 heavy (non-hydrogen) atoms. The van der Waals surface area contributed by atoms with Crippen LogP contribution in [0.3, 0.4) is 0 Å². The zero-order chi connectivity index (χ0) is 13.0. The molecule has 2 fully saturated rings. The Kier molecular flexibility index (Phi) is 6.67. The molecular weight excluding hydrogens is 359 g/mol. The molecule has 1 saturated heterocycles. The Morgan fingerprint density at radius 1 is 1.37 bits per heavy atom. The van der Waals surface area contributed by atoms with Crippen molar-refractivity contribution >= 4 is 36.0 Å². The van der Waals surface area contributed by atoms with Gasteiger partial charge in [0.05, 0.1) is 12.6 Å². The summed E-state index contributed by atoms with van der Waals surface area (Å²) in [5.74, 6) is 0.548. The van der Waals surface area contributed by atoms with Gasteiger partial charge in [-0.2, -0.15) is 0 Å². The van der Waals surface area contributed by atoms with Crippen LogP contribution in [0.4, 0.5) is 4.79 Å². The average molecular weight is 382 g/mol. The maximum Gasteiger partial charge on any atom is 0.409 e. The number of nitrogens with two attached hydrogens (primary N) is 1. The monoisotopic (exact) mass is 382 g/mol. The molecule has 0 aromatic rings. The number of carbonyl (C=O) groups excluding carboxylic acids is 1. The molecule has 1 saturated carbocycles. The molecule has 1 heterocycles. The summed E-state index contributed by atoms with van der Waals surface area (Å²) in [4.78, 5) is 17.7. The molecule has 2 rings (SSSR count). The van der Waals surface area contributed by atoms with E-state index < -0.39 is 0 Å². The SMILES string of the molecule is CCOC(=O)N1CCC(N=C(N)NC2CC2)CC1.I. The standard InChI is InChI=1S/C12H22N4O2.HI/c1-2-18-12(17)16-7-5-10(6-8-16)15-11(13)14-9-3-4-9;/h9-10H,2-8H2,1H3,(H3,13,14,15);1H. The van der Waals surface area contributed by atoms with Gasteiger partial charge < -0.3 is 20.7 Å². The van der Waals surface area contributed by atoms with Gasteiger partial charge in [0.15, 0.2) is 5.96 Å². The van der Waals surface area contributed by atoms with Crippen LogP contribution in [0.5, 0.6) is 0 Å². The highest BCUT2D eigenvalue weighted by Crippen LogP contribution is 2.19. The fraction of sp³-hybridized carbons (Fsp3) is 0.833. The third-order valence-electron chi connectivity index (χ3n) is 3.24. The van der Waals surface area contributed by atoms with Crippen LogP contribution in [0.25, 0.3) is 0 Å². The Morgan fingerprint density at radius 3 is 2.53 bits per heavy atom. The van der Waals surface area contributed by atoms with Crippen molar-refractivity contribution in [1.29, 1.82) is 0 Å². The third kappa shape index (κ3) is 5.42. The quantitative estimate of drug-likeness (QED) is 0.438. The number of ether oxygens (including phenoxy) is 1. The number of carbonyl (C=O) groups is 1. The Balaban J connectivity index is 0.00000180. The van der Waals surface area contributed by atoms with Gasteiger partial charge in [0.25, 0.3) is 0 Å². The molecule has 7 heteroatoms. The fourth-order valence-corrected chi connectivity index (χ4v) is 2.06. The second kappa shape index (κ2) is 7.76. The summed E-state index contributed by atoms with van der Waals surface area (Å²) >= 11 is 0. The second-order valence-corrected chi connectivity index (χ2v) is 4.85. The van der Waals surface area contributed by atoms with Crippen LogP contribution in [-0.4, -0.2) is 48.7 Å². The molecule has 1 aliphatic carbocycles. The summed E-state index contributed by atoms with van der Waals surface area (Å²) in [6.45, 7) is 3.64. The van der Waals surface area contributed by atoms with E-state index in [2.05, 4.69) is 10.3 Å². The van der Waals surface area contributed by atoms with E-state index in [-0.39, 0.29) is 36.1 Å². The van der Waals surface area contributed by atoms with Crippen molar-refractivity contribution in [2.45, 2.75) is 44.7 Å². The van der Waals surface area contributed by atoms with Crippen molar-refractivity contribution in [3.8, 4) is 0 Å². The first-order valence-electron chi connectivity index (χ1n) is 6.70. The Morgan fingerprint density at radius 2 is 2.00 bits per heavy atom. The number of halogens is 1. The number of nitrogens with zero attached hydrogens (tertiary/aromatic N) is 2. The molecule has 0 atom stereocenters. The van der Waals surface area contributed by atoms with Gasteiger partial charge in [0.2, 0.25) is 0 Å². The van der Waals surface area contributed by atoms with Crippen LogP contribution in [-0.2, 0) is 4.74 Å². The van der Waals surface area contributed by atoms with Crippen molar-refractivity contribution in [3.05, 3.63) is 0 Å². The maximum atomic E-state index is 11.5. The van der Waals surface area contributed by atoms with E-state index >= 15 is 0 Å². The lowest BCUT2D eigenvalue weighted by Gasteiger charge is -2.29. The normalized spacial score (nSPS) is 20.7. The number of likely N-dealkylation sites (tertiary alicyclic amines) is 1. The zero-order valence-corrected chi connectivity index (χ0v) is 13.6. The van der Waals surface area contributed by atoms with Crippen LogP contribution in [0.15, 0.2) is 4.99 Å². The Hall–Kier alpha value is -0.730. The van der Waals surface area contributed by atoms with Gasteiger partial charge in [-0.25, -0.2) is 9.79 Å². The number of nitrogens with one attached hydrogen (secondary N) is 1. The predicted octanol–water partition coefficient (Wildman–Crippen LogP) is 1.29. The van der Waals surface area contributed by atoms with Crippen molar-refractivity contribution < 1.29 is 9.53 Å². The van der Waals surface area contributed by atoms with E-state index in [0.717, 1.165) is 12.8 Å². The maximum absolute atomic E-state index is 11.5. The van der Waals surface area contributed by atoms with Crippen molar-refractivity contribution in [2.75, 3.05) is 19.7 Å². The number of hydrogen-bond donors (Lipinski definition) is 2. The molecule has 6 nitrogen and oxygen atoms in total. The number of aliphatic imine (C=N–C) groups is 1. The van der Waals surface area contributed by atoms with Gasteiger partial charge in [0.1, 0.15) is 0 Å². The summed E-state index contributed by atoms with van der Waals surface area (Å²) in [5, 5.41) is 3.18. The largest absolute Gasteiger partial charge is 0.450 e. The molecule has 0 radical (unpaired) electrons. The average Bonchev–Trinajstić information content (AvgIpc) is 3.14. The third-order valence-corrected chi connectivity index (χ3v) is 3.24. The molecule has 0 bridgehead atoms. The number of rotatable bonds is 3. The van der Waals surface area contributed by atoms with E-state index in [1.54, 1.807) is 4.90 Å². The summed E-state index contributed by atoms with van der Waals surface area (Å²) in [6, 6.07) is 0.760. The van der Waals surface area contributed by atoms with Gasteiger partial charge in [0, 0.05) is 19.1 Å². The van der Waals surface area contributed by atoms with Gasteiger partial charge >= 0.3 is 6.09 Å². The van der Waals surface area contributed by atoms with Crippen LogP contribution in [0.2, 0.25) is 0 Å². The summed E-state index contributed by atoms with van der Waals surface area (Å²) < 4.78 is 4.97. The van der Waals surface area contributed by atoms with Crippen molar-refractivity contribution in [1.82, 2.24) is 10.2 Å². The van der Waals surface area contributed by atoms with Gasteiger partial charge in [-0.15, -0.1) is 24.0 Å². The predicted molar refractivity (Wildman–Crippen MR) is 84.8 cm³/mol. The number of amides is 1. The lowest BCUT2D eigenvalue weighted by atomic mass is 10.1. The molecule has 0 aromatic heterocycles. The molecule has 110 valence electrons. The minimum atomic E-state index is -0.219. The van der Waals surface area contributed by atoms with Gasteiger partial charge in [-0.05, 0) is 32.6 Å². The lowest BCUT2D eigenvalue weighted by Crippen LogP contribution is -2.41. The number of piperidine rings is 1. The molecule has 0 unspecified atom stereocenters. The highest BCUT2D eigenvalue weighted by molar-refractivity contribution is 14.0. The smallest absolute Gasteiger partial charge is 0.409 e. The van der Waals surface area contributed by atoms with E-state index in [1.165, 1.54) is 12.8 Å². The number of guanidine groups is 1. The van der Waals surface area contributed by atoms with Crippen LogP contribution < -0.4 is 11.1 Å². The Labute approximate surface area is 131 Å². The minimum absolute atomic E-state index is 0. The van der Waals surface area contributed by atoms with E-state index in [0.29, 0.717) is 31.7 Å². The van der Waals surface area contributed by atoms with Crippen LogP contribution in [0, 0.1) is 0 Å². The summed E-state index contributed by atoms with van der Waals surface area (Å²) in [7, 11) is 0. The van der Waals surface area contributed by atoms with Crippen LogP contribution in [0.1, 0.15) is 32.6 Å². The first-order chi connectivity index (χ1) is 8.69. The van der Waals surface area contributed by atoms with Crippen molar-refractivity contribution in [2.24, 2.45) is 10.7 Å². The van der Waals surface area contributed by atoms with E-state index in [4.69, 9.17) is 10.5 Å². The highest BCUT2D eigenvalue weighted by Gasteiger charge is 2.25. The summed E-state index contributed by atoms with van der Waals surface area (Å²) in [6.07, 6.45) is 3.87. The van der Waals surface area contributed by atoms with Gasteiger partial charge in [-0.3, -0.25) is 0 Å². The number of hydrogen-bond acceptors (Lipinski definition) is 3. The summed E-state index contributed by atoms with van der Waals surface area (Å²) in [5.41, 5.74) is 5.82. The van der Waals surface area contributed by atoms with Gasteiger partial charge in [-0.1, -0.05) is 0 Å². The molecule has 0 spiro atoms. The molecule has 1 amide bonds. The first-order valence-corrected chi connectivity index (χ1v) is 6.70. The van der Waals surface area contributed by atoms with E-state index in [1.807, 2.05) is 6.92 Å². The molecule has 2 aliphatic rings. The lowest BCUT2D eigenvalue weighted by molar-refractivity contribution is 0.0975. The Bertz CT molecular complexity index is 326. The van der Waals surface area contributed by atoms with E-state index in [9.17, 15) is 4.79 Å². The zero-order valence-electron chi connectivity index (χ0n) is 11.3. The molecule has 3 N–H and O–H groups in total. The molecule has 1 aliphatic heterocycles.